The minimum Gasteiger partial charge on any atom is -0.508 e. The van der Waals surface area contributed by atoms with Gasteiger partial charge in [-0.2, -0.15) is 10.5 Å². The fourth-order valence-corrected chi connectivity index (χ4v) is 4.05. The first-order valence-electron chi connectivity index (χ1n) is 11.6. The molecule has 0 radical (unpaired) electrons. The number of nitrogens with zero attached hydrogens (tertiary/aromatic N) is 4. The van der Waals surface area contributed by atoms with E-state index < -0.39 is 0 Å². The number of halogens is 2. The molecule has 2 heterocycles. The van der Waals surface area contributed by atoms with E-state index in [0.29, 0.717) is 33.3 Å². The molecule has 0 unspecified atom stereocenters. The molecule has 0 spiro atoms. The Balaban J connectivity index is 0.000000193. The Morgan fingerprint density at radius 2 is 1.15 bits per heavy atom. The zero-order chi connectivity index (χ0) is 27.6. The van der Waals surface area contributed by atoms with Crippen molar-refractivity contribution in [1.82, 2.24) is 9.97 Å². The van der Waals surface area contributed by atoms with Gasteiger partial charge in [0.25, 0.3) is 0 Å². The monoisotopic (exact) mass is 550 g/mol. The van der Waals surface area contributed by atoms with Gasteiger partial charge in [0.05, 0.1) is 21.2 Å². The van der Waals surface area contributed by atoms with E-state index in [2.05, 4.69) is 16.0 Å². The zero-order valence-corrected chi connectivity index (χ0v) is 21.9. The highest BCUT2D eigenvalue weighted by Crippen LogP contribution is 2.30. The normalized spacial score (nSPS) is 9.95. The van der Waals surface area contributed by atoms with Crippen LogP contribution < -0.4 is 4.74 Å². The highest BCUT2D eigenvalue weighted by atomic mass is 35.5. The van der Waals surface area contributed by atoms with Crippen molar-refractivity contribution in [3.63, 3.8) is 0 Å². The van der Waals surface area contributed by atoms with Gasteiger partial charge in [0.2, 0.25) is 0 Å². The van der Waals surface area contributed by atoms with E-state index in [9.17, 15) is 10.4 Å². The quantitative estimate of drug-likeness (QED) is 0.239. The van der Waals surface area contributed by atoms with Crippen LogP contribution in [-0.4, -0.2) is 15.1 Å². The number of pyridine rings is 2. The maximum absolute atomic E-state index is 9.24. The fourth-order valence-electron chi connectivity index (χ4n) is 3.65. The van der Waals surface area contributed by atoms with Crippen LogP contribution in [0.15, 0.2) is 104 Å². The number of phenolic OH excluding ortho intramolecular Hbond substituents is 1. The molecule has 3 aromatic carbocycles. The Morgan fingerprint density at radius 3 is 1.64 bits per heavy atom. The number of nitriles is 2. The van der Waals surface area contributed by atoms with Crippen molar-refractivity contribution >= 4 is 23.2 Å². The molecular weight excluding hydrogens is 531 g/mol. The summed E-state index contributed by atoms with van der Waals surface area (Å²) in [6.07, 6.45) is 6.13. The first-order chi connectivity index (χ1) is 19.0. The van der Waals surface area contributed by atoms with Gasteiger partial charge in [0.15, 0.2) is 0 Å². The largest absolute Gasteiger partial charge is 0.508 e. The van der Waals surface area contributed by atoms with Gasteiger partial charge in [-0.3, -0.25) is 9.97 Å². The molecule has 8 heteroatoms. The van der Waals surface area contributed by atoms with Gasteiger partial charge in [0.1, 0.15) is 30.2 Å². The molecule has 1 N–H and O–H groups in total. The number of benzene rings is 3. The second-order valence-corrected chi connectivity index (χ2v) is 8.97. The first kappa shape index (κ1) is 27.2. The van der Waals surface area contributed by atoms with Crippen molar-refractivity contribution in [3.8, 4) is 45.9 Å². The van der Waals surface area contributed by atoms with E-state index >= 15 is 0 Å². The zero-order valence-electron chi connectivity index (χ0n) is 20.4. The predicted molar refractivity (Wildman–Crippen MR) is 151 cm³/mol. The number of aromatic nitrogens is 2. The van der Waals surface area contributed by atoms with Crippen molar-refractivity contribution in [1.29, 1.82) is 10.5 Å². The van der Waals surface area contributed by atoms with Crippen LogP contribution in [0.25, 0.3) is 22.3 Å². The molecular formula is C31H20Cl2N4O2. The van der Waals surface area contributed by atoms with E-state index in [0.717, 1.165) is 28.0 Å². The van der Waals surface area contributed by atoms with Gasteiger partial charge < -0.3 is 9.84 Å². The van der Waals surface area contributed by atoms with Crippen molar-refractivity contribution in [2.45, 2.75) is 6.61 Å². The summed E-state index contributed by atoms with van der Waals surface area (Å²) in [7, 11) is 0. The summed E-state index contributed by atoms with van der Waals surface area (Å²) in [4.78, 5) is 8.00. The van der Waals surface area contributed by atoms with Gasteiger partial charge in [-0.05, 0) is 41.0 Å². The van der Waals surface area contributed by atoms with Crippen molar-refractivity contribution in [2.75, 3.05) is 0 Å². The van der Waals surface area contributed by atoms with E-state index in [1.165, 1.54) is 12.4 Å². The molecule has 0 aliphatic carbocycles. The molecule has 0 bridgehead atoms. The number of phenols is 1. The van der Waals surface area contributed by atoms with Crippen molar-refractivity contribution < 1.29 is 9.84 Å². The Bertz CT molecular complexity index is 1640. The molecule has 0 aliphatic rings. The summed E-state index contributed by atoms with van der Waals surface area (Å²) in [5.41, 5.74) is 4.99. The maximum atomic E-state index is 9.24. The molecule has 0 saturated carbocycles. The summed E-state index contributed by atoms with van der Waals surface area (Å²) < 4.78 is 5.76. The molecule has 190 valence electrons. The summed E-state index contributed by atoms with van der Waals surface area (Å²) >= 11 is 11.9. The summed E-state index contributed by atoms with van der Waals surface area (Å²) in [5, 5.41) is 28.1. The molecule has 39 heavy (non-hydrogen) atoms. The van der Waals surface area contributed by atoms with E-state index in [4.69, 9.17) is 33.2 Å². The predicted octanol–water partition coefficient (Wildman–Crippen LogP) is 7.83. The fraction of sp³-hybridized carbons (Fsp3) is 0.0323. The third-order valence-corrected chi connectivity index (χ3v) is 6.19. The highest BCUT2D eigenvalue weighted by molar-refractivity contribution is 6.32. The molecule has 0 fully saturated rings. The average Bonchev–Trinajstić information content (AvgIpc) is 2.97. The lowest BCUT2D eigenvalue weighted by molar-refractivity contribution is 0.306. The number of aromatic hydroxyl groups is 1. The van der Waals surface area contributed by atoms with Gasteiger partial charge in [-0.15, -0.1) is 0 Å². The average molecular weight is 551 g/mol. The van der Waals surface area contributed by atoms with E-state index in [1.54, 1.807) is 36.7 Å². The third kappa shape index (κ3) is 6.91. The lowest BCUT2D eigenvalue weighted by Gasteiger charge is -2.08. The SMILES string of the molecule is N#Cc1c(Cl)cncc1-c1ccc(O)cc1.N#Cc1c(Cl)cncc1-c1ccc(OCc2ccccc2)cc1. The molecule has 0 atom stereocenters. The number of hydrogen-bond donors (Lipinski definition) is 1. The first-order valence-corrected chi connectivity index (χ1v) is 12.4. The highest BCUT2D eigenvalue weighted by Gasteiger charge is 2.10. The topological polar surface area (TPSA) is 103 Å². The Labute approximate surface area is 235 Å². The van der Waals surface area contributed by atoms with Crippen LogP contribution in [0.2, 0.25) is 10.0 Å². The van der Waals surface area contributed by atoms with E-state index in [-0.39, 0.29) is 5.75 Å². The smallest absolute Gasteiger partial charge is 0.119 e. The molecule has 0 aliphatic heterocycles. The second kappa shape index (κ2) is 13.1. The van der Waals surface area contributed by atoms with Gasteiger partial charge in [0, 0.05) is 35.9 Å². The molecule has 0 amide bonds. The molecule has 6 nitrogen and oxygen atoms in total. The summed E-state index contributed by atoms with van der Waals surface area (Å²) in [6, 6.07) is 28.2. The minimum absolute atomic E-state index is 0.178. The van der Waals surface area contributed by atoms with Crippen LogP contribution in [0, 0.1) is 22.7 Å². The molecule has 2 aromatic heterocycles. The van der Waals surface area contributed by atoms with Crippen LogP contribution in [-0.2, 0) is 6.61 Å². The van der Waals surface area contributed by atoms with Crippen LogP contribution in [0.4, 0.5) is 0 Å². The van der Waals surface area contributed by atoms with Crippen molar-refractivity contribution in [3.05, 3.63) is 130 Å². The standard InChI is InChI=1S/C19H13ClN2O.C12H7ClN2O/c20-19-12-22-11-18(17(19)10-21)15-6-8-16(9-7-15)23-13-14-4-2-1-3-5-14;13-12-7-15-6-11(10(12)5-14)8-1-3-9(16)4-2-8/h1-9,11-12H,13H2;1-4,6-7,16H. The Kier molecular flexibility index (Phi) is 9.11. The van der Waals surface area contributed by atoms with E-state index in [1.807, 2.05) is 60.7 Å². The van der Waals surface area contributed by atoms with Crippen LogP contribution in [0.5, 0.6) is 11.5 Å². The summed E-state index contributed by atoms with van der Waals surface area (Å²) in [6.45, 7) is 0.516. The number of rotatable bonds is 5. The molecule has 5 aromatic rings. The maximum Gasteiger partial charge on any atom is 0.119 e. The Morgan fingerprint density at radius 1 is 0.667 bits per heavy atom. The molecule has 5 rings (SSSR count). The summed E-state index contributed by atoms with van der Waals surface area (Å²) in [5.74, 6) is 0.948. The molecule has 0 saturated heterocycles. The van der Waals surface area contributed by atoms with Gasteiger partial charge in [-0.1, -0.05) is 77.8 Å². The minimum atomic E-state index is 0.178. The van der Waals surface area contributed by atoms with Crippen LogP contribution in [0.3, 0.4) is 0 Å². The second-order valence-electron chi connectivity index (χ2n) is 8.16. The van der Waals surface area contributed by atoms with Gasteiger partial charge >= 0.3 is 0 Å². The van der Waals surface area contributed by atoms with Gasteiger partial charge in [-0.25, -0.2) is 0 Å². The van der Waals surface area contributed by atoms with Crippen molar-refractivity contribution in [2.24, 2.45) is 0 Å². The van der Waals surface area contributed by atoms with Crippen LogP contribution >= 0.6 is 23.2 Å². The number of hydrogen-bond acceptors (Lipinski definition) is 6. The lowest BCUT2D eigenvalue weighted by Crippen LogP contribution is -1.95. The number of ether oxygens (including phenoxy) is 1. The Hall–Kier alpha value is -4.88. The third-order valence-electron chi connectivity index (χ3n) is 5.61. The van der Waals surface area contributed by atoms with Crippen LogP contribution in [0.1, 0.15) is 16.7 Å². The lowest BCUT2D eigenvalue weighted by atomic mass is 10.0.